The van der Waals surface area contributed by atoms with Crippen LogP contribution in [0.2, 0.25) is 0 Å². The number of hydrogen-bond donors (Lipinski definition) is 1. The maximum atomic E-state index is 14.0. The van der Waals surface area contributed by atoms with Crippen molar-refractivity contribution in [2.24, 2.45) is 5.73 Å². The Hall–Kier alpha value is -1.92. The number of nitrogens with zero attached hydrogens (tertiary/aromatic N) is 3. The zero-order valence-electron chi connectivity index (χ0n) is 12.6. The third-order valence-corrected chi connectivity index (χ3v) is 3.36. The van der Waals surface area contributed by atoms with Crippen LogP contribution in [0.1, 0.15) is 17.3 Å². The van der Waals surface area contributed by atoms with Gasteiger partial charge < -0.3 is 15.4 Å². The Balaban J connectivity index is 2.36. The molecular weight excluding hydrogens is 271 g/mol. The van der Waals surface area contributed by atoms with Crippen LogP contribution in [0, 0.1) is 5.82 Å². The highest BCUT2D eigenvalue weighted by Gasteiger charge is 2.22. The Morgan fingerprint density at radius 1 is 1.38 bits per heavy atom. The maximum Gasteiger partial charge on any atom is 0.161 e. The van der Waals surface area contributed by atoms with Gasteiger partial charge in [-0.05, 0) is 20.2 Å². The number of nitrogens with two attached hydrogens (primary N) is 1. The van der Waals surface area contributed by atoms with Gasteiger partial charge in [0.1, 0.15) is 11.5 Å². The predicted octanol–water partition coefficient (Wildman–Crippen LogP) is 1.64. The van der Waals surface area contributed by atoms with E-state index in [2.05, 4.69) is 5.10 Å². The first-order valence-corrected chi connectivity index (χ1v) is 6.79. The summed E-state index contributed by atoms with van der Waals surface area (Å²) in [6.07, 6.45) is 1.62. The van der Waals surface area contributed by atoms with E-state index in [0.29, 0.717) is 23.6 Å². The van der Waals surface area contributed by atoms with Gasteiger partial charge in [0, 0.05) is 12.1 Å². The van der Waals surface area contributed by atoms with Crippen molar-refractivity contribution < 1.29 is 9.13 Å². The Morgan fingerprint density at radius 3 is 2.71 bits per heavy atom. The lowest BCUT2D eigenvalue weighted by atomic mass is 10.0. The van der Waals surface area contributed by atoms with Gasteiger partial charge in [0.2, 0.25) is 0 Å². The number of aromatic nitrogens is 2. The summed E-state index contributed by atoms with van der Waals surface area (Å²) in [6.45, 7) is 1.47. The van der Waals surface area contributed by atoms with Gasteiger partial charge in [0.25, 0.3) is 0 Å². The van der Waals surface area contributed by atoms with E-state index in [1.54, 1.807) is 36.2 Å². The van der Waals surface area contributed by atoms with Gasteiger partial charge in [0.15, 0.2) is 5.75 Å². The van der Waals surface area contributed by atoms with E-state index in [1.165, 1.54) is 6.07 Å². The highest BCUT2D eigenvalue weighted by atomic mass is 19.1. The summed E-state index contributed by atoms with van der Waals surface area (Å²) in [4.78, 5) is 2.05. The molecule has 21 heavy (non-hydrogen) atoms. The standard InChI is InChI=1S/C15H21FN4O/c1-19(2)8-9-20-15(13(21-3)10-18-20)14(17)11-6-4-5-7-12(11)16/h4-7,10,14H,8-9,17H2,1-3H3. The van der Waals surface area contributed by atoms with Gasteiger partial charge in [-0.1, -0.05) is 18.2 Å². The summed E-state index contributed by atoms with van der Waals surface area (Å²) >= 11 is 0. The van der Waals surface area contributed by atoms with Gasteiger partial charge >= 0.3 is 0 Å². The van der Waals surface area contributed by atoms with Crippen LogP contribution < -0.4 is 10.5 Å². The van der Waals surface area contributed by atoms with Crippen LogP contribution in [-0.4, -0.2) is 42.4 Å². The lowest BCUT2D eigenvalue weighted by Gasteiger charge is -2.18. The average Bonchev–Trinajstić information content (AvgIpc) is 2.87. The molecule has 1 aromatic carbocycles. The normalized spacial score (nSPS) is 12.7. The fourth-order valence-corrected chi connectivity index (χ4v) is 2.20. The number of rotatable bonds is 6. The SMILES string of the molecule is COc1cnn(CCN(C)C)c1C(N)c1ccccc1F. The van der Waals surface area contributed by atoms with Crippen molar-refractivity contribution in [2.75, 3.05) is 27.7 Å². The molecule has 1 unspecified atom stereocenters. The number of benzene rings is 1. The van der Waals surface area contributed by atoms with Crippen LogP contribution in [0.25, 0.3) is 0 Å². The lowest BCUT2D eigenvalue weighted by Crippen LogP contribution is -2.24. The van der Waals surface area contributed by atoms with E-state index in [9.17, 15) is 4.39 Å². The topological polar surface area (TPSA) is 56.3 Å². The summed E-state index contributed by atoms with van der Waals surface area (Å²) in [7, 11) is 5.53. The molecule has 1 heterocycles. The molecule has 1 aromatic heterocycles. The number of methoxy groups -OCH3 is 1. The second-order valence-corrected chi connectivity index (χ2v) is 5.12. The first-order valence-electron chi connectivity index (χ1n) is 6.79. The Labute approximate surface area is 124 Å². The molecular formula is C15H21FN4O. The molecule has 114 valence electrons. The minimum absolute atomic E-state index is 0.326. The third-order valence-electron chi connectivity index (χ3n) is 3.36. The zero-order chi connectivity index (χ0) is 15.4. The molecule has 2 aromatic rings. The summed E-state index contributed by atoms with van der Waals surface area (Å²) in [6, 6.07) is 5.88. The molecule has 0 saturated carbocycles. The molecule has 0 saturated heterocycles. The lowest BCUT2D eigenvalue weighted by molar-refractivity contribution is 0.363. The van der Waals surface area contributed by atoms with E-state index in [4.69, 9.17) is 10.5 Å². The number of likely N-dealkylation sites (N-methyl/N-ethyl adjacent to an activating group) is 1. The Bertz CT molecular complexity index is 597. The van der Waals surface area contributed by atoms with Crippen molar-refractivity contribution in [3.63, 3.8) is 0 Å². The van der Waals surface area contributed by atoms with E-state index < -0.39 is 6.04 Å². The average molecular weight is 292 g/mol. The van der Waals surface area contributed by atoms with Gasteiger partial charge in [-0.2, -0.15) is 5.10 Å². The fraction of sp³-hybridized carbons (Fsp3) is 0.400. The van der Waals surface area contributed by atoms with Crippen LogP contribution >= 0.6 is 0 Å². The molecule has 0 bridgehead atoms. The molecule has 0 aliphatic rings. The number of ether oxygens (including phenoxy) is 1. The molecule has 0 spiro atoms. The number of hydrogen-bond acceptors (Lipinski definition) is 4. The van der Waals surface area contributed by atoms with E-state index in [0.717, 1.165) is 6.54 Å². The van der Waals surface area contributed by atoms with Crippen LogP contribution in [0.3, 0.4) is 0 Å². The molecule has 5 nitrogen and oxygen atoms in total. The summed E-state index contributed by atoms with van der Waals surface area (Å²) in [5.41, 5.74) is 7.37. The third kappa shape index (κ3) is 3.40. The molecule has 1 atom stereocenters. The van der Waals surface area contributed by atoms with Gasteiger partial charge in [-0.25, -0.2) is 4.39 Å². The second kappa shape index (κ2) is 6.69. The van der Waals surface area contributed by atoms with Gasteiger partial charge in [0.05, 0.1) is 25.9 Å². The minimum Gasteiger partial charge on any atom is -0.493 e. The van der Waals surface area contributed by atoms with E-state index in [-0.39, 0.29) is 5.82 Å². The zero-order valence-corrected chi connectivity index (χ0v) is 12.6. The van der Waals surface area contributed by atoms with Crippen LogP contribution in [0.5, 0.6) is 5.75 Å². The largest absolute Gasteiger partial charge is 0.493 e. The van der Waals surface area contributed by atoms with Crippen molar-refractivity contribution in [3.8, 4) is 5.75 Å². The molecule has 0 fully saturated rings. The number of halogens is 1. The van der Waals surface area contributed by atoms with Crippen molar-refractivity contribution in [1.29, 1.82) is 0 Å². The van der Waals surface area contributed by atoms with Crippen LogP contribution in [-0.2, 0) is 6.54 Å². The molecule has 0 aliphatic carbocycles. The fourth-order valence-electron chi connectivity index (χ4n) is 2.20. The molecule has 2 rings (SSSR count). The van der Waals surface area contributed by atoms with E-state index >= 15 is 0 Å². The smallest absolute Gasteiger partial charge is 0.161 e. The summed E-state index contributed by atoms with van der Waals surface area (Å²) < 4.78 is 21.0. The second-order valence-electron chi connectivity index (χ2n) is 5.12. The predicted molar refractivity (Wildman–Crippen MR) is 79.8 cm³/mol. The monoisotopic (exact) mass is 292 g/mol. The quantitative estimate of drug-likeness (QED) is 0.879. The first kappa shape index (κ1) is 15.5. The van der Waals surface area contributed by atoms with Crippen molar-refractivity contribution in [2.45, 2.75) is 12.6 Å². The van der Waals surface area contributed by atoms with Crippen LogP contribution in [0.4, 0.5) is 4.39 Å². The van der Waals surface area contributed by atoms with Gasteiger partial charge in [-0.15, -0.1) is 0 Å². The Kier molecular flexibility index (Phi) is 4.93. The highest BCUT2D eigenvalue weighted by molar-refractivity contribution is 5.36. The maximum absolute atomic E-state index is 14.0. The van der Waals surface area contributed by atoms with Crippen molar-refractivity contribution in [1.82, 2.24) is 14.7 Å². The Morgan fingerprint density at radius 2 is 2.10 bits per heavy atom. The summed E-state index contributed by atoms with van der Waals surface area (Å²) in [5.74, 6) is 0.247. The molecule has 6 heteroatoms. The summed E-state index contributed by atoms with van der Waals surface area (Å²) in [5, 5.41) is 4.30. The highest BCUT2D eigenvalue weighted by Crippen LogP contribution is 2.29. The van der Waals surface area contributed by atoms with E-state index in [1.807, 2.05) is 19.0 Å². The van der Waals surface area contributed by atoms with Crippen molar-refractivity contribution >= 4 is 0 Å². The first-order chi connectivity index (χ1) is 10.0. The van der Waals surface area contributed by atoms with Crippen molar-refractivity contribution in [3.05, 3.63) is 47.5 Å². The minimum atomic E-state index is -0.620. The molecule has 2 N–H and O–H groups in total. The van der Waals surface area contributed by atoms with Crippen LogP contribution in [0.15, 0.2) is 30.5 Å². The van der Waals surface area contributed by atoms with Gasteiger partial charge in [-0.3, -0.25) is 4.68 Å². The molecule has 0 amide bonds. The molecule has 0 radical (unpaired) electrons. The molecule has 0 aliphatic heterocycles.